The summed E-state index contributed by atoms with van der Waals surface area (Å²) in [5.74, 6) is 0.329. The Morgan fingerprint density at radius 3 is 2.76 bits per heavy atom. The maximum atomic E-state index is 12.2. The van der Waals surface area contributed by atoms with Gasteiger partial charge in [-0.1, -0.05) is 0 Å². The lowest BCUT2D eigenvalue weighted by atomic mass is 10.3. The first-order valence-corrected chi connectivity index (χ1v) is 7.22. The molecule has 2 aromatic rings. The van der Waals surface area contributed by atoms with Gasteiger partial charge in [0.25, 0.3) is 5.69 Å². The van der Waals surface area contributed by atoms with Gasteiger partial charge in [-0.3, -0.25) is 15.2 Å². The number of aromatic nitrogens is 3. The number of H-pyrrole nitrogens is 1. The number of aromatic amines is 1. The molecule has 0 spiro atoms. The van der Waals surface area contributed by atoms with E-state index in [0.29, 0.717) is 5.82 Å². The van der Waals surface area contributed by atoms with E-state index in [1.807, 2.05) is 0 Å². The van der Waals surface area contributed by atoms with Crippen molar-refractivity contribution in [3.05, 3.63) is 40.5 Å². The number of anilines is 1. The molecule has 0 atom stereocenters. The summed E-state index contributed by atoms with van der Waals surface area (Å²) in [5.41, 5.74) is -0.0558. The van der Waals surface area contributed by atoms with Gasteiger partial charge >= 0.3 is 0 Å². The van der Waals surface area contributed by atoms with E-state index < -0.39 is 14.9 Å². The van der Waals surface area contributed by atoms with Crippen LogP contribution in [0.4, 0.5) is 11.4 Å². The van der Waals surface area contributed by atoms with Gasteiger partial charge in [0.15, 0.2) is 0 Å². The highest BCUT2D eigenvalue weighted by Crippen LogP contribution is 2.26. The summed E-state index contributed by atoms with van der Waals surface area (Å²) in [6.45, 7) is -0.103. The lowest BCUT2D eigenvalue weighted by molar-refractivity contribution is -0.385. The predicted molar refractivity (Wildman–Crippen MR) is 73.1 cm³/mol. The van der Waals surface area contributed by atoms with Gasteiger partial charge in [0, 0.05) is 19.2 Å². The summed E-state index contributed by atoms with van der Waals surface area (Å²) in [4.78, 5) is 13.7. The second-order valence-electron chi connectivity index (χ2n) is 3.94. The predicted octanol–water partition coefficient (Wildman–Crippen LogP) is 0.233. The van der Waals surface area contributed by atoms with E-state index >= 15 is 0 Å². The van der Waals surface area contributed by atoms with E-state index in [2.05, 4.69) is 25.2 Å². The van der Waals surface area contributed by atoms with Crippen molar-refractivity contribution < 1.29 is 13.3 Å². The topological polar surface area (TPSA) is 143 Å². The third-order valence-electron chi connectivity index (χ3n) is 2.63. The minimum atomic E-state index is -3.94. The molecule has 0 fully saturated rings. The van der Waals surface area contributed by atoms with Gasteiger partial charge in [-0.2, -0.15) is 5.10 Å². The van der Waals surface area contributed by atoms with E-state index in [1.54, 1.807) is 0 Å². The fourth-order valence-corrected chi connectivity index (χ4v) is 2.83. The average molecular weight is 312 g/mol. The highest BCUT2D eigenvalue weighted by molar-refractivity contribution is 7.89. The molecule has 0 radical (unpaired) electrons. The Morgan fingerprint density at radius 2 is 2.19 bits per heavy atom. The molecule has 10 nitrogen and oxygen atoms in total. The molecule has 21 heavy (non-hydrogen) atoms. The Balaban J connectivity index is 2.33. The van der Waals surface area contributed by atoms with E-state index in [-0.39, 0.29) is 22.8 Å². The molecular weight excluding hydrogens is 300 g/mol. The number of nitrogens with zero attached hydrogens (tertiary/aromatic N) is 3. The van der Waals surface area contributed by atoms with Gasteiger partial charge in [-0.15, -0.1) is 0 Å². The van der Waals surface area contributed by atoms with Gasteiger partial charge in [-0.05, 0) is 6.07 Å². The van der Waals surface area contributed by atoms with Gasteiger partial charge in [-0.25, -0.2) is 18.1 Å². The first-order valence-electron chi connectivity index (χ1n) is 5.74. The number of rotatable bonds is 6. The van der Waals surface area contributed by atoms with Crippen LogP contribution < -0.4 is 10.0 Å². The maximum absolute atomic E-state index is 12.2. The molecular formula is C10H12N6O4S. The Kier molecular flexibility index (Phi) is 4.14. The summed E-state index contributed by atoms with van der Waals surface area (Å²) in [6.07, 6.45) is 1.25. The van der Waals surface area contributed by atoms with Crippen LogP contribution in [0.2, 0.25) is 0 Å². The van der Waals surface area contributed by atoms with E-state index in [1.165, 1.54) is 25.5 Å². The Labute approximate surface area is 119 Å². The minimum absolute atomic E-state index is 0.103. The number of hydrogen-bond acceptors (Lipinski definition) is 7. The summed E-state index contributed by atoms with van der Waals surface area (Å²) >= 11 is 0. The largest absolute Gasteiger partial charge is 0.387 e. The Morgan fingerprint density at radius 1 is 1.43 bits per heavy atom. The summed E-state index contributed by atoms with van der Waals surface area (Å²) in [5, 5.41) is 19.6. The highest BCUT2D eigenvalue weighted by Gasteiger charge is 2.22. The molecule has 0 aliphatic carbocycles. The summed E-state index contributed by atoms with van der Waals surface area (Å²) in [6, 6.07) is 3.55. The molecule has 11 heteroatoms. The van der Waals surface area contributed by atoms with Crippen LogP contribution in [-0.2, 0) is 16.6 Å². The van der Waals surface area contributed by atoms with Crippen LogP contribution in [-0.4, -0.2) is 35.6 Å². The zero-order valence-corrected chi connectivity index (χ0v) is 11.7. The average Bonchev–Trinajstić information content (AvgIpc) is 2.98. The number of sulfonamides is 1. The van der Waals surface area contributed by atoms with E-state index in [4.69, 9.17) is 0 Å². The standard InChI is InChI=1S/C10H12N6O4S/c1-11-8-3-2-7(16(17)18)4-9(8)21(19,20)14-5-10-12-6-13-15-10/h2-4,6,11,14H,5H2,1H3,(H,12,13,15). The van der Waals surface area contributed by atoms with Crippen molar-refractivity contribution >= 4 is 21.4 Å². The van der Waals surface area contributed by atoms with Crippen LogP contribution in [0, 0.1) is 10.1 Å². The third-order valence-corrected chi connectivity index (χ3v) is 4.07. The van der Waals surface area contributed by atoms with Crippen molar-refractivity contribution in [1.82, 2.24) is 19.9 Å². The number of hydrogen-bond donors (Lipinski definition) is 3. The maximum Gasteiger partial charge on any atom is 0.270 e. The van der Waals surface area contributed by atoms with Crippen LogP contribution in [0.1, 0.15) is 5.82 Å². The Hall–Kier alpha value is -2.53. The molecule has 1 aromatic carbocycles. The van der Waals surface area contributed by atoms with Crippen LogP contribution in [0.15, 0.2) is 29.4 Å². The molecule has 2 rings (SSSR count). The molecule has 0 unspecified atom stereocenters. The molecule has 0 amide bonds. The first kappa shape index (κ1) is 14.9. The van der Waals surface area contributed by atoms with Crippen molar-refractivity contribution in [2.45, 2.75) is 11.4 Å². The molecule has 1 heterocycles. The Bertz CT molecular complexity index is 743. The minimum Gasteiger partial charge on any atom is -0.387 e. The fourth-order valence-electron chi connectivity index (χ4n) is 1.61. The van der Waals surface area contributed by atoms with Gasteiger partial charge in [0.1, 0.15) is 17.0 Å². The number of benzene rings is 1. The van der Waals surface area contributed by atoms with Gasteiger partial charge < -0.3 is 5.32 Å². The van der Waals surface area contributed by atoms with Gasteiger partial charge in [0.05, 0.1) is 17.2 Å². The SMILES string of the molecule is CNc1ccc([N+](=O)[O-])cc1S(=O)(=O)NCc1ncn[nH]1. The quantitative estimate of drug-likeness (QED) is 0.511. The molecule has 0 saturated heterocycles. The zero-order chi connectivity index (χ0) is 15.5. The highest BCUT2D eigenvalue weighted by atomic mass is 32.2. The number of nitro groups is 1. The number of nitro benzene ring substituents is 1. The first-order chi connectivity index (χ1) is 9.94. The van der Waals surface area contributed by atoms with Crippen molar-refractivity contribution in [3.8, 4) is 0 Å². The third kappa shape index (κ3) is 3.32. The van der Waals surface area contributed by atoms with Crippen LogP contribution >= 0.6 is 0 Å². The van der Waals surface area contributed by atoms with Crippen LogP contribution in [0.5, 0.6) is 0 Å². The molecule has 112 valence electrons. The fraction of sp³-hybridized carbons (Fsp3) is 0.200. The molecule has 1 aromatic heterocycles. The normalized spacial score (nSPS) is 11.3. The van der Waals surface area contributed by atoms with Crippen LogP contribution in [0.25, 0.3) is 0 Å². The van der Waals surface area contributed by atoms with Crippen LogP contribution in [0.3, 0.4) is 0 Å². The second kappa shape index (κ2) is 5.85. The smallest absolute Gasteiger partial charge is 0.270 e. The summed E-state index contributed by atoms with van der Waals surface area (Å²) < 4.78 is 26.8. The van der Waals surface area contributed by atoms with Crippen molar-refractivity contribution in [2.24, 2.45) is 0 Å². The summed E-state index contributed by atoms with van der Waals surface area (Å²) in [7, 11) is -2.42. The zero-order valence-electron chi connectivity index (χ0n) is 10.9. The number of non-ortho nitro benzene ring substituents is 1. The van der Waals surface area contributed by atoms with Crippen molar-refractivity contribution in [3.63, 3.8) is 0 Å². The molecule has 0 bridgehead atoms. The second-order valence-corrected chi connectivity index (χ2v) is 5.68. The van der Waals surface area contributed by atoms with E-state index in [0.717, 1.165) is 6.07 Å². The van der Waals surface area contributed by atoms with E-state index in [9.17, 15) is 18.5 Å². The van der Waals surface area contributed by atoms with Crippen molar-refractivity contribution in [1.29, 1.82) is 0 Å². The molecule has 3 N–H and O–H groups in total. The molecule has 0 aliphatic rings. The number of nitrogens with one attached hydrogen (secondary N) is 3. The lowest BCUT2D eigenvalue weighted by Gasteiger charge is -2.10. The monoisotopic (exact) mass is 312 g/mol. The molecule has 0 saturated carbocycles. The lowest BCUT2D eigenvalue weighted by Crippen LogP contribution is -2.24. The van der Waals surface area contributed by atoms with Gasteiger partial charge in [0.2, 0.25) is 10.0 Å². The van der Waals surface area contributed by atoms with Crippen molar-refractivity contribution in [2.75, 3.05) is 12.4 Å². The molecule has 0 aliphatic heterocycles.